The van der Waals surface area contributed by atoms with E-state index < -0.39 is 0 Å². The summed E-state index contributed by atoms with van der Waals surface area (Å²) in [6, 6.07) is 6.70. The minimum Gasteiger partial charge on any atom is -0.316 e. The first kappa shape index (κ1) is 10.7. The first-order chi connectivity index (χ1) is 7.18. The molecule has 1 heteroatoms. The first-order valence-electron chi connectivity index (χ1n) is 5.95. The smallest absolute Gasteiger partial charge is 0.00204 e. The summed E-state index contributed by atoms with van der Waals surface area (Å²) in [5.41, 5.74) is 4.46. The molecule has 0 spiro atoms. The minimum absolute atomic E-state index is 0.716. The predicted molar refractivity (Wildman–Crippen MR) is 65.3 cm³/mol. The second kappa shape index (κ2) is 4.36. The highest BCUT2D eigenvalue weighted by atomic mass is 14.9. The van der Waals surface area contributed by atoms with Crippen molar-refractivity contribution >= 4 is 0 Å². The van der Waals surface area contributed by atoms with Crippen LogP contribution in [0.5, 0.6) is 0 Å². The monoisotopic (exact) mass is 203 g/mol. The van der Waals surface area contributed by atoms with E-state index in [4.69, 9.17) is 0 Å². The van der Waals surface area contributed by atoms with Gasteiger partial charge in [0, 0.05) is 6.54 Å². The Balaban J connectivity index is 2.24. The molecule has 1 aromatic rings. The fourth-order valence-electron chi connectivity index (χ4n) is 2.61. The van der Waals surface area contributed by atoms with Crippen LogP contribution in [0.3, 0.4) is 0 Å². The zero-order chi connectivity index (χ0) is 10.8. The van der Waals surface area contributed by atoms with Gasteiger partial charge in [-0.05, 0) is 55.3 Å². The lowest BCUT2D eigenvalue weighted by Gasteiger charge is -2.29. The third kappa shape index (κ3) is 2.23. The molecule has 0 aromatic heterocycles. The molecule has 1 nitrogen and oxygen atoms in total. The van der Waals surface area contributed by atoms with Gasteiger partial charge in [-0.1, -0.05) is 25.1 Å². The van der Waals surface area contributed by atoms with Crippen LogP contribution in [0.15, 0.2) is 18.2 Å². The summed E-state index contributed by atoms with van der Waals surface area (Å²) in [6.45, 7) is 9.13. The maximum Gasteiger partial charge on any atom is 0.00204 e. The van der Waals surface area contributed by atoms with Gasteiger partial charge in [-0.3, -0.25) is 0 Å². The Kier molecular flexibility index (Phi) is 3.11. The molecule has 2 unspecified atom stereocenters. The van der Waals surface area contributed by atoms with Crippen LogP contribution < -0.4 is 5.32 Å². The van der Waals surface area contributed by atoms with E-state index in [9.17, 15) is 0 Å². The van der Waals surface area contributed by atoms with E-state index in [1.807, 2.05) is 0 Å². The molecule has 1 aliphatic rings. The van der Waals surface area contributed by atoms with E-state index in [1.54, 1.807) is 5.56 Å². The summed E-state index contributed by atoms with van der Waals surface area (Å²) in [7, 11) is 0. The average Bonchev–Trinajstić information content (AvgIpc) is 2.22. The predicted octanol–water partition coefficient (Wildman–Crippen LogP) is 3.02. The summed E-state index contributed by atoms with van der Waals surface area (Å²) in [5, 5.41) is 3.53. The third-order valence-electron chi connectivity index (χ3n) is 3.66. The third-order valence-corrected chi connectivity index (χ3v) is 3.66. The first-order valence-corrected chi connectivity index (χ1v) is 5.95. The number of benzene rings is 1. The largest absolute Gasteiger partial charge is 0.316 e. The van der Waals surface area contributed by atoms with Crippen molar-refractivity contribution < 1.29 is 0 Å². The summed E-state index contributed by atoms with van der Waals surface area (Å²) in [6.07, 6.45) is 1.33. The van der Waals surface area contributed by atoms with Gasteiger partial charge in [-0.2, -0.15) is 0 Å². The number of aryl methyl sites for hydroxylation is 1. The Labute approximate surface area is 92.9 Å². The lowest BCUT2D eigenvalue weighted by Crippen LogP contribution is -2.34. The van der Waals surface area contributed by atoms with E-state index in [2.05, 4.69) is 44.3 Å². The number of rotatable bonds is 1. The second-order valence-electron chi connectivity index (χ2n) is 4.99. The van der Waals surface area contributed by atoms with E-state index in [1.165, 1.54) is 24.1 Å². The topological polar surface area (TPSA) is 12.0 Å². The van der Waals surface area contributed by atoms with Gasteiger partial charge in [0.1, 0.15) is 0 Å². The molecule has 0 aliphatic carbocycles. The molecule has 1 saturated heterocycles. The van der Waals surface area contributed by atoms with Crippen LogP contribution in [0.1, 0.15) is 36.0 Å². The van der Waals surface area contributed by atoms with Gasteiger partial charge >= 0.3 is 0 Å². The van der Waals surface area contributed by atoms with Crippen molar-refractivity contribution in [1.29, 1.82) is 0 Å². The molecule has 15 heavy (non-hydrogen) atoms. The lowest BCUT2D eigenvalue weighted by molar-refractivity contribution is 0.363. The van der Waals surface area contributed by atoms with Crippen LogP contribution in [-0.4, -0.2) is 13.1 Å². The van der Waals surface area contributed by atoms with Gasteiger partial charge in [-0.25, -0.2) is 0 Å². The molecule has 2 rings (SSSR count). The second-order valence-corrected chi connectivity index (χ2v) is 4.99. The molecule has 0 amide bonds. The number of nitrogens with one attached hydrogen (secondary N) is 1. The molecule has 1 aromatic carbocycles. The van der Waals surface area contributed by atoms with E-state index in [-0.39, 0.29) is 0 Å². The van der Waals surface area contributed by atoms with Crippen molar-refractivity contribution in [3.63, 3.8) is 0 Å². The molecule has 0 saturated carbocycles. The normalized spacial score (nSPS) is 26.6. The maximum absolute atomic E-state index is 3.53. The van der Waals surface area contributed by atoms with Crippen LogP contribution in [-0.2, 0) is 0 Å². The van der Waals surface area contributed by atoms with Crippen molar-refractivity contribution in [2.45, 2.75) is 33.1 Å². The van der Waals surface area contributed by atoms with Gasteiger partial charge in [0.25, 0.3) is 0 Å². The Bertz CT molecular complexity index is 343. The van der Waals surface area contributed by atoms with Crippen LogP contribution in [0.2, 0.25) is 0 Å². The van der Waals surface area contributed by atoms with Gasteiger partial charge in [0.05, 0.1) is 0 Å². The minimum atomic E-state index is 0.716. The van der Waals surface area contributed by atoms with E-state index in [0.29, 0.717) is 5.92 Å². The summed E-state index contributed by atoms with van der Waals surface area (Å²) < 4.78 is 0. The summed E-state index contributed by atoms with van der Waals surface area (Å²) in [4.78, 5) is 0. The van der Waals surface area contributed by atoms with Crippen LogP contribution >= 0.6 is 0 Å². The maximum atomic E-state index is 3.53. The average molecular weight is 203 g/mol. The van der Waals surface area contributed by atoms with E-state index in [0.717, 1.165) is 12.5 Å². The van der Waals surface area contributed by atoms with Crippen LogP contribution in [0.4, 0.5) is 0 Å². The van der Waals surface area contributed by atoms with Crippen molar-refractivity contribution in [2.24, 2.45) is 5.92 Å². The fraction of sp³-hybridized carbons (Fsp3) is 0.571. The van der Waals surface area contributed by atoms with Gasteiger partial charge < -0.3 is 5.32 Å². The van der Waals surface area contributed by atoms with Crippen molar-refractivity contribution in [3.05, 3.63) is 34.9 Å². The van der Waals surface area contributed by atoms with Crippen molar-refractivity contribution in [2.75, 3.05) is 13.1 Å². The Hall–Kier alpha value is -0.820. The Morgan fingerprint density at radius 1 is 1.20 bits per heavy atom. The molecular weight excluding hydrogens is 182 g/mol. The molecular formula is C14H21N. The Morgan fingerprint density at radius 3 is 2.73 bits per heavy atom. The highest BCUT2D eigenvalue weighted by Crippen LogP contribution is 2.29. The summed E-state index contributed by atoms with van der Waals surface area (Å²) in [5.74, 6) is 1.53. The van der Waals surface area contributed by atoms with Crippen LogP contribution in [0.25, 0.3) is 0 Å². The molecule has 82 valence electrons. The molecule has 1 fully saturated rings. The summed E-state index contributed by atoms with van der Waals surface area (Å²) >= 11 is 0. The van der Waals surface area contributed by atoms with Crippen LogP contribution in [0, 0.1) is 19.8 Å². The van der Waals surface area contributed by atoms with Gasteiger partial charge in [0.2, 0.25) is 0 Å². The SMILES string of the molecule is Cc1cccc(C2CNCC(C)C2)c1C. The molecule has 0 bridgehead atoms. The number of hydrogen-bond donors (Lipinski definition) is 1. The number of hydrogen-bond acceptors (Lipinski definition) is 1. The molecule has 1 N–H and O–H groups in total. The lowest BCUT2D eigenvalue weighted by atomic mass is 9.83. The zero-order valence-corrected chi connectivity index (χ0v) is 10.0. The fourth-order valence-corrected chi connectivity index (χ4v) is 2.61. The molecule has 2 atom stereocenters. The highest BCUT2D eigenvalue weighted by molar-refractivity contribution is 5.36. The number of piperidine rings is 1. The van der Waals surface area contributed by atoms with Gasteiger partial charge in [-0.15, -0.1) is 0 Å². The van der Waals surface area contributed by atoms with E-state index >= 15 is 0 Å². The molecule has 1 heterocycles. The quantitative estimate of drug-likeness (QED) is 0.740. The Morgan fingerprint density at radius 2 is 2.00 bits per heavy atom. The molecule has 0 radical (unpaired) electrons. The standard InChI is InChI=1S/C14H21N/c1-10-7-13(9-15-8-10)14-6-4-5-11(2)12(14)3/h4-6,10,13,15H,7-9H2,1-3H3. The van der Waals surface area contributed by atoms with Crippen molar-refractivity contribution in [1.82, 2.24) is 5.32 Å². The molecule has 1 aliphatic heterocycles. The van der Waals surface area contributed by atoms with Crippen molar-refractivity contribution in [3.8, 4) is 0 Å². The highest BCUT2D eigenvalue weighted by Gasteiger charge is 2.21. The van der Waals surface area contributed by atoms with Gasteiger partial charge in [0.15, 0.2) is 0 Å². The zero-order valence-electron chi connectivity index (χ0n) is 10.0.